The van der Waals surface area contributed by atoms with Crippen LogP contribution in [0.2, 0.25) is 0 Å². The van der Waals surface area contributed by atoms with E-state index in [0.29, 0.717) is 12.2 Å². The Bertz CT molecular complexity index is 477. The van der Waals surface area contributed by atoms with Gasteiger partial charge in [0.05, 0.1) is 6.04 Å². The second-order valence-electron chi connectivity index (χ2n) is 5.65. The number of nitrogens with zero attached hydrogens (tertiary/aromatic N) is 2. The van der Waals surface area contributed by atoms with Crippen molar-refractivity contribution >= 4 is 11.9 Å². The van der Waals surface area contributed by atoms with Crippen molar-refractivity contribution in [1.82, 2.24) is 15.3 Å². The largest absolute Gasteiger partial charge is 0.444 e. The number of amides is 1. The summed E-state index contributed by atoms with van der Waals surface area (Å²) in [6.07, 6.45) is 3.03. The standard InChI is InChI=1S/C14H21N3O3/c1-9(18)12(17-13(19)20-14(3,4)5)6-11-7-15-10(2)16-8-11/h7-8,12H,6H2,1-5H3,(H,17,19). The lowest BCUT2D eigenvalue weighted by Gasteiger charge is -2.22. The molecule has 6 heteroatoms. The molecule has 1 atom stereocenters. The molecule has 0 aliphatic carbocycles. The van der Waals surface area contributed by atoms with Crippen molar-refractivity contribution < 1.29 is 14.3 Å². The van der Waals surface area contributed by atoms with Gasteiger partial charge in [0.2, 0.25) is 0 Å². The molecule has 0 saturated heterocycles. The number of nitrogens with one attached hydrogen (secondary N) is 1. The summed E-state index contributed by atoms with van der Waals surface area (Å²) in [6.45, 7) is 8.51. The van der Waals surface area contributed by atoms with Gasteiger partial charge in [-0.25, -0.2) is 14.8 Å². The van der Waals surface area contributed by atoms with Gasteiger partial charge in [-0.3, -0.25) is 4.79 Å². The molecule has 0 aliphatic rings. The first-order valence-corrected chi connectivity index (χ1v) is 6.45. The number of aromatic nitrogens is 2. The second-order valence-corrected chi connectivity index (χ2v) is 5.65. The van der Waals surface area contributed by atoms with Crippen molar-refractivity contribution in [3.8, 4) is 0 Å². The third-order valence-corrected chi connectivity index (χ3v) is 2.46. The van der Waals surface area contributed by atoms with Crippen molar-refractivity contribution in [3.05, 3.63) is 23.8 Å². The summed E-state index contributed by atoms with van der Waals surface area (Å²) in [5.74, 6) is 0.518. The topological polar surface area (TPSA) is 81.2 Å². The predicted molar refractivity (Wildman–Crippen MR) is 74.3 cm³/mol. The zero-order chi connectivity index (χ0) is 15.3. The fraction of sp³-hybridized carbons (Fsp3) is 0.571. The van der Waals surface area contributed by atoms with Gasteiger partial charge < -0.3 is 10.1 Å². The number of aryl methyl sites for hydroxylation is 1. The van der Waals surface area contributed by atoms with Gasteiger partial charge in [0.25, 0.3) is 0 Å². The van der Waals surface area contributed by atoms with Crippen LogP contribution in [0, 0.1) is 6.92 Å². The highest BCUT2D eigenvalue weighted by atomic mass is 16.6. The van der Waals surface area contributed by atoms with E-state index in [1.165, 1.54) is 6.92 Å². The SMILES string of the molecule is CC(=O)C(Cc1cnc(C)nc1)NC(=O)OC(C)(C)C. The number of ketones is 1. The van der Waals surface area contributed by atoms with Crippen LogP contribution in [0.3, 0.4) is 0 Å². The monoisotopic (exact) mass is 279 g/mol. The van der Waals surface area contributed by atoms with Gasteiger partial charge in [-0.15, -0.1) is 0 Å². The van der Waals surface area contributed by atoms with Gasteiger partial charge in [0, 0.05) is 18.8 Å². The molecule has 1 heterocycles. The summed E-state index contributed by atoms with van der Waals surface area (Å²) < 4.78 is 5.14. The van der Waals surface area contributed by atoms with Crippen LogP contribution >= 0.6 is 0 Å². The van der Waals surface area contributed by atoms with Gasteiger partial charge in [-0.2, -0.15) is 0 Å². The lowest BCUT2D eigenvalue weighted by atomic mass is 10.1. The molecule has 0 spiro atoms. The van der Waals surface area contributed by atoms with Crippen molar-refractivity contribution in [1.29, 1.82) is 0 Å². The quantitative estimate of drug-likeness (QED) is 0.909. The minimum atomic E-state index is -0.642. The molecular formula is C14H21N3O3. The summed E-state index contributed by atoms with van der Waals surface area (Å²) >= 11 is 0. The van der Waals surface area contributed by atoms with E-state index in [0.717, 1.165) is 5.56 Å². The van der Waals surface area contributed by atoms with Crippen LogP contribution in [0.1, 0.15) is 39.1 Å². The number of hydrogen-bond acceptors (Lipinski definition) is 5. The number of rotatable bonds is 4. The third kappa shape index (κ3) is 5.77. The molecule has 110 valence electrons. The molecule has 0 aromatic carbocycles. The van der Waals surface area contributed by atoms with Gasteiger partial charge in [0.15, 0.2) is 5.78 Å². The van der Waals surface area contributed by atoms with E-state index in [4.69, 9.17) is 4.74 Å². The van der Waals surface area contributed by atoms with Crippen molar-refractivity contribution in [2.24, 2.45) is 0 Å². The Labute approximate surface area is 119 Å². The number of Topliss-reactive ketones (excluding diaryl/α,β-unsaturated/α-hetero) is 1. The molecule has 0 radical (unpaired) electrons. The maximum atomic E-state index is 11.7. The van der Waals surface area contributed by atoms with Gasteiger partial charge in [-0.05, 0) is 40.2 Å². The van der Waals surface area contributed by atoms with E-state index >= 15 is 0 Å². The molecule has 1 unspecified atom stereocenters. The fourth-order valence-corrected chi connectivity index (χ4v) is 1.51. The summed E-state index contributed by atoms with van der Waals surface area (Å²) in [5.41, 5.74) is 0.185. The highest BCUT2D eigenvalue weighted by molar-refractivity contribution is 5.85. The second kappa shape index (κ2) is 6.45. The smallest absolute Gasteiger partial charge is 0.408 e. The Hall–Kier alpha value is -1.98. The van der Waals surface area contributed by atoms with Crippen molar-refractivity contribution in [3.63, 3.8) is 0 Å². The molecular weight excluding hydrogens is 258 g/mol. The Morgan fingerprint density at radius 2 is 1.85 bits per heavy atom. The molecule has 0 bridgehead atoms. The number of carbonyl (C=O) groups is 2. The van der Waals surface area contributed by atoms with Crippen LogP contribution in [0.15, 0.2) is 12.4 Å². The Balaban J connectivity index is 2.68. The Morgan fingerprint density at radius 3 is 2.30 bits per heavy atom. The molecule has 0 fully saturated rings. The average molecular weight is 279 g/mol. The van der Waals surface area contributed by atoms with Crippen LogP contribution in [0.4, 0.5) is 4.79 Å². The number of hydrogen-bond donors (Lipinski definition) is 1. The minimum Gasteiger partial charge on any atom is -0.444 e. The van der Waals surface area contributed by atoms with E-state index in [1.807, 2.05) is 0 Å². The van der Waals surface area contributed by atoms with E-state index in [9.17, 15) is 9.59 Å². The summed E-state index contributed by atoms with van der Waals surface area (Å²) in [5, 5.41) is 2.57. The zero-order valence-corrected chi connectivity index (χ0v) is 12.6. The van der Waals surface area contributed by atoms with Crippen LogP contribution in [-0.4, -0.2) is 33.5 Å². The van der Waals surface area contributed by atoms with Crippen LogP contribution in [0.25, 0.3) is 0 Å². The molecule has 6 nitrogen and oxygen atoms in total. The number of ether oxygens (including phenoxy) is 1. The highest BCUT2D eigenvalue weighted by Gasteiger charge is 2.22. The average Bonchev–Trinajstić information content (AvgIpc) is 2.28. The van der Waals surface area contributed by atoms with E-state index in [2.05, 4.69) is 15.3 Å². The normalized spacial score (nSPS) is 12.7. The Kier molecular flexibility index (Phi) is 5.19. The Morgan fingerprint density at radius 1 is 1.30 bits per heavy atom. The first-order valence-electron chi connectivity index (χ1n) is 6.45. The van der Waals surface area contributed by atoms with Gasteiger partial charge in [-0.1, -0.05) is 0 Å². The molecule has 1 N–H and O–H groups in total. The van der Waals surface area contributed by atoms with Crippen LogP contribution in [-0.2, 0) is 16.0 Å². The highest BCUT2D eigenvalue weighted by Crippen LogP contribution is 2.08. The van der Waals surface area contributed by atoms with Crippen LogP contribution in [0.5, 0.6) is 0 Å². The lowest BCUT2D eigenvalue weighted by Crippen LogP contribution is -2.43. The van der Waals surface area contributed by atoms with E-state index in [-0.39, 0.29) is 5.78 Å². The summed E-state index contributed by atoms with van der Waals surface area (Å²) in [7, 11) is 0. The van der Waals surface area contributed by atoms with Gasteiger partial charge in [0.1, 0.15) is 11.4 Å². The molecule has 1 amide bonds. The molecule has 1 aromatic heterocycles. The molecule has 1 rings (SSSR count). The van der Waals surface area contributed by atoms with E-state index in [1.54, 1.807) is 40.1 Å². The molecule has 0 aliphatic heterocycles. The molecule has 1 aromatic rings. The minimum absolute atomic E-state index is 0.142. The number of alkyl carbamates (subject to hydrolysis) is 1. The zero-order valence-electron chi connectivity index (χ0n) is 12.6. The fourth-order valence-electron chi connectivity index (χ4n) is 1.51. The maximum Gasteiger partial charge on any atom is 0.408 e. The third-order valence-electron chi connectivity index (χ3n) is 2.46. The lowest BCUT2D eigenvalue weighted by molar-refractivity contribution is -0.119. The van der Waals surface area contributed by atoms with Crippen LogP contribution < -0.4 is 5.32 Å². The maximum absolute atomic E-state index is 11.7. The first-order chi connectivity index (χ1) is 9.17. The first kappa shape index (κ1) is 16.1. The summed E-state index contributed by atoms with van der Waals surface area (Å²) in [4.78, 5) is 31.4. The van der Waals surface area contributed by atoms with Gasteiger partial charge >= 0.3 is 6.09 Å². The molecule has 20 heavy (non-hydrogen) atoms. The van der Waals surface area contributed by atoms with Crippen molar-refractivity contribution in [2.75, 3.05) is 0 Å². The van der Waals surface area contributed by atoms with E-state index < -0.39 is 17.7 Å². The van der Waals surface area contributed by atoms with Crippen molar-refractivity contribution in [2.45, 2.75) is 52.7 Å². The number of carbonyl (C=O) groups excluding carboxylic acids is 2. The predicted octanol–water partition coefficient (Wildman–Crippen LogP) is 1.81. The molecule has 0 saturated carbocycles. The summed E-state index contributed by atoms with van der Waals surface area (Å²) in [6, 6.07) is -0.642.